The molecule has 5 rings (SSSR count). The van der Waals surface area contributed by atoms with Crippen LogP contribution >= 0.6 is 23.1 Å². The van der Waals surface area contributed by atoms with E-state index in [2.05, 4.69) is 16.0 Å². The number of rotatable bonds is 12. The number of benzene rings is 4. The van der Waals surface area contributed by atoms with Gasteiger partial charge < -0.3 is 20.7 Å². The summed E-state index contributed by atoms with van der Waals surface area (Å²) in [7, 11) is 0. The summed E-state index contributed by atoms with van der Waals surface area (Å²) in [6.45, 7) is 5.87. The van der Waals surface area contributed by atoms with Crippen LogP contribution in [0.15, 0.2) is 119 Å². The highest BCUT2D eigenvalue weighted by Crippen LogP contribution is 2.36. The average molecular weight is 690 g/mol. The van der Waals surface area contributed by atoms with Gasteiger partial charge in [0.05, 0.1) is 12.4 Å². The summed E-state index contributed by atoms with van der Waals surface area (Å²) in [5.41, 5.74) is 5.71. The Bertz CT molecular complexity index is 2000. The monoisotopic (exact) mass is 689 g/mol. The Kier molecular flexibility index (Phi) is 11.8. The van der Waals surface area contributed by atoms with Gasteiger partial charge in [0, 0.05) is 27.1 Å². The molecule has 0 spiro atoms. The third-order valence-electron chi connectivity index (χ3n) is 7.37. The second-order valence-electron chi connectivity index (χ2n) is 11.0. The molecule has 4 aromatic carbocycles. The van der Waals surface area contributed by atoms with E-state index in [-0.39, 0.29) is 24.0 Å². The summed E-state index contributed by atoms with van der Waals surface area (Å²) in [5, 5.41) is 10.8. The summed E-state index contributed by atoms with van der Waals surface area (Å²) >= 11 is 2.55. The fourth-order valence-electron chi connectivity index (χ4n) is 4.82. The molecule has 0 aliphatic carbocycles. The van der Waals surface area contributed by atoms with Gasteiger partial charge in [-0.3, -0.25) is 14.4 Å². The van der Waals surface area contributed by atoms with Crippen LogP contribution in [0.25, 0.3) is 17.2 Å². The normalized spacial score (nSPS) is 11.0. The summed E-state index contributed by atoms with van der Waals surface area (Å²) in [6, 6.07) is 31.1. The van der Waals surface area contributed by atoms with Gasteiger partial charge in [0.15, 0.2) is 0 Å². The van der Waals surface area contributed by atoms with Crippen molar-refractivity contribution in [3.8, 4) is 11.1 Å². The number of ether oxygens (including phenoxy) is 1. The molecule has 0 radical (unpaired) electrons. The maximum absolute atomic E-state index is 13.5. The lowest BCUT2D eigenvalue weighted by Gasteiger charge is -2.13. The standard InChI is InChI=1S/C39H35N3O5S2/c1-4-47-39(46)35-32(27-19-17-25(2)18-20-27)23-49-38(35)42-34(43)24-48-31-16-10-15-30(22-31)40-37(45)33(21-29-14-9-8-11-26(29)3)41-36(44)28-12-6-5-7-13-28/h5-23H,4,24H2,1-3H3,(H,40,45)(H,41,44)(H,42,43)/b33-21-. The number of amides is 3. The highest BCUT2D eigenvalue weighted by Gasteiger charge is 2.23. The molecule has 0 fully saturated rings. The molecular formula is C39H35N3O5S2. The van der Waals surface area contributed by atoms with Gasteiger partial charge in [0.1, 0.15) is 16.3 Å². The molecule has 0 aliphatic rings. The second kappa shape index (κ2) is 16.6. The van der Waals surface area contributed by atoms with E-state index in [0.29, 0.717) is 27.4 Å². The SMILES string of the molecule is CCOC(=O)c1c(-c2ccc(C)cc2)csc1NC(=O)CSc1cccc(NC(=O)/C(=C/c2ccccc2C)NC(=O)c2ccccc2)c1. The number of nitrogens with one attached hydrogen (secondary N) is 3. The lowest BCUT2D eigenvalue weighted by molar-refractivity contribution is -0.114. The van der Waals surface area contributed by atoms with Crippen molar-refractivity contribution in [2.45, 2.75) is 25.7 Å². The fraction of sp³-hybridized carbons (Fsp3) is 0.128. The molecule has 0 atom stereocenters. The van der Waals surface area contributed by atoms with Gasteiger partial charge in [-0.1, -0.05) is 78.4 Å². The molecule has 0 saturated carbocycles. The summed E-state index contributed by atoms with van der Waals surface area (Å²) in [5.74, 6) is -1.64. The number of thiophene rings is 1. The van der Waals surface area contributed by atoms with Crippen LogP contribution in [-0.4, -0.2) is 36.1 Å². The van der Waals surface area contributed by atoms with Crippen LogP contribution in [0.4, 0.5) is 10.7 Å². The van der Waals surface area contributed by atoms with Crippen molar-refractivity contribution in [3.63, 3.8) is 0 Å². The first-order valence-corrected chi connectivity index (χ1v) is 17.4. The highest BCUT2D eigenvalue weighted by atomic mass is 32.2. The number of anilines is 2. The molecular weight excluding hydrogens is 655 g/mol. The molecule has 10 heteroatoms. The Morgan fingerprint density at radius 2 is 1.57 bits per heavy atom. The smallest absolute Gasteiger partial charge is 0.341 e. The fourth-order valence-corrected chi connectivity index (χ4v) is 6.55. The minimum Gasteiger partial charge on any atom is -0.462 e. The molecule has 5 aromatic rings. The molecule has 0 bridgehead atoms. The Morgan fingerprint density at radius 1 is 0.837 bits per heavy atom. The summed E-state index contributed by atoms with van der Waals surface area (Å²) < 4.78 is 5.32. The number of thioether (sulfide) groups is 1. The first kappa shape index (κ1) is 34.9. The number of aryl methyl sites for hydroxylation is 2. The molecule has 8 nitrogen and oxygen atoms in total. The summed E-state index contributed by atoms with van der Waals surface area (Å²) in [4.78, 5) is 53.3. The molecule has 0 saturated heterocycles. The van der Waals surface area contributed by atoms with Crippen LogP contribution in [0, 0.1) is 13.8 Å². The minimum absolute atomic E-state index is 0.0585. The number of esters is 1. The number of carbonyl (C=O) groups is 4. The maximum Gasteiger partial charge on any atom is 0.341 e. The second-order valence-corrected chi connectivity index (χ2v) is 12.9. The van der Waals surface area contributed by atoms with E-state index in [0.717, 1.165) is 27.1 Å². The van der Waals surface area contributed by atoms with Crippen LogP contribution in [0.2, 0.25) is 0 Å². The van der Waals surface area contributed by atoms with Gasteiger partial charge in [-0.2, -0.15) is 0 Å². The maximum atomic E-state index is 13.5. The van der Waals surface area contributed by atoms with Crippen molar-refractivity contribution in [1.29, 1.82) is 0 Å². The summed E-state index contributed by atoms with van der Waals surface area (Å²) in [6.07, 6.45) is 1.65. The van der Waals surface area contributed by atoms with E-state index >= 15 is 0 Å². The zero-order valence-electron chi connectivity index (χ0n) is 27.2. The number of hydrogen-bond donors (Lipinski definition) is 3. The Labute approximate surface area is 293 Å². The largest absolute Gasteiger partial charge is 0.462 e. The first-order chi connectivity index (χ1) is 23.7. The molecule has 1 heterocycles. The van der Waals surface area contributed by atoms with Gasteiger partial charge >= 0.3 is 5.97 Å². The zero-order chi connectivity index (χ0) is 34.8. The van der Waals surface area contributed by atoms with Gasteiger partial charge in [0.25, 0.3) is 11.8 Å². The topological polar surface area (TPSA) is 114 Å². The Hall–Kier alpha value is -5.45. The Morgan fingerprint density at radius 3 is 2.31 bits per heavy atom. The van der Waals surface area contributed by atoms with E-state index in [4.69, 9.17) is 4.74 Å². The van der Waals surface area contributed by atoms with Gasteiger partial charge in [-0.25, -0.2) is 4.79 Å². The van der Waals surface area contributed by atoms with Crippen molar-refractivity contribution in [3.05, 3.63) is 142 Å². The molecule has 1 aromatic heterocycles. The number of hydrogen-bond acceptors (Lipinski definition) is 7. The quantitative estimate of drug-likeness (QED) is 0.0690. The molecule has 0 unspecified atom stereocenters. The lowest BCUT2D eigenvalue weighted by Crippen LogP contribution is -2.30. The van der Waals surface area contributed by atoms with Crippen molar-refractivity contribution in [2.75, 3.05) is 23.0 Å². The first-order valence-electron chi connectivity index (χ1n) is 15.5. The average Bonchev–Trinajstić information content (AvgIpc) is 3.52. The van der Waals surface area contributed by atoms with E-state index in [1.54, 1.807) is 55.5 Å². The van der Waals surface area contributed by atoms with E-state index < -0.39 is 17.8 Å². The molecule has 49 heavy (non-hydrogen) atoms. The molecule has 3 N–H and O–H groups in total. The van der Waals surface area contributed by atoms with Crippen LogP contribution in [0.3, 0.4) is 0 Å². The van der Waals surface area contributed by atoms with E-state index in [1.165, 1.54) is 23.1 Å². The van der Waals surface area contributed by atoms with Crippen molar-refractivity contribution in [2.24, 2.45) is 0 Å². The zero-order valence-corrected chi connectivity index (χ0v) is 28.9. The van der Waals surface area contributed by atoms with Gasteiger partial charge in [-0.15, -0.1) is 23.1 Å². The number of carbonyl (C=O) groups excluding carboxylic acids is 4. The van der Waals surface area contributed by atoms with Crippen molar-refractivity contribution in [1.82, 2.24) is 5.32 Å². The molecule has 248 valence electrons. The lowest BCUT2D eigenvalue weighted by atomic mass is 10.0. The van der Waals surface area contributed by atoms with E-state index in [1.807, 2.05) is 79.9 Å². The van der Waals surface area contributed by atoms with E-state index in [9.17, 15) is 19.2 Å². The van der Waals surface area contributed by atoms with Crippen molar-refractivity contribution < 1.29 is 23.9 Å². The van der Waals surface area contributed by atoms with Crippen LogP contribution in [-0.2, 0) is 14.3 Å². The molecule has 3 amide bonds. The third kappa shape index (κ3) is 9.34. The predicted molar refractivity (Wildman–Crippen MR) is 198 cm³/mol. The Balaban J connectivity index is 1.27. The van der Waals surface area contributed by atoms with Gasteiger partial charge in [0.2, 0.25) is 5.91 Å². The van der Waals surface area contributed by atoms with Crippen LogP contribution < -0.4 is 16.0 Å². The minimum atomic E-state index is -0.499. The van der Waals surface area contributed by atoms with Crippen molar-refractivity contribution >= 4 is 63.6 Å². The van der Waals surface area contributed by atoms with Gasteiger partial charge in [-0.05, 0) is 73.9 Å². The highest BCUT2D eigenvalue weighted by molar-refractivity contribution is 8.00. The van der Waals surface area contributed by atoms with Crippen LogP contribution in [0.5, 0.6) is 0 Å². The van der Waals surface area contributed by atoms with Crippen LogP contribution in [0.1, 0.15) is 44.3 Å². The predicted octanol–water partition coefficient (Wildman–Crippen LogP) is 8.35. The molecule has 0 aliphatic heterocycles. The third-order valence-corrected chi connectivity index (χ3v) is 9.25.